The van der Waals surface area contributed by atoms with Crippen molar-refractivity contribution >= 4 is 15.9 Å². The summed E-state index contributed by atoms with van der Waals surface area (Å²) in [5, 5.41) is 5.75. The molecule has 1 saturated heterocycles. The van der Waals surface area contributed by atoms with Crippen LogP contribution in [0.3, 0.4) is 0 Å². The van der Waals surface area contributed by atoms with Gasteiger partial charge in [0, 0.05) is 26.2 Å². The van der Waals surface area contributed by atoms with Gasteiger partial charge in [-0.05, 0) is 12.8 Å². The van der Waals surface area contributed by atoms with Gasteiger partial charge >= 0.3 is 0 Å². The molecule has 2 N–H and O–H groups in total. The van der Waals surface area contributed by atoms with Crippen LogP contribution in [-0.4, -0.2) is 56.6 Å². The molecule has 1 fully saturated rings. The molecule has 6 nitrogen and oxygen atoms in total. The summed E-state index contributed by atoms with van der Waals surface area (Å²) in [4.78, 5) is 11.9. The highest BCUT2D eigenvalue weighted by molar-refractivity contribution is 7.89. The van der Waals surface area contributed by atoms with Gasteiger partial charge in [0.25, 0.3) is 0 Å². The number of sulfonamides is 1. The van der Waals surface area contributed by atoms with Crippen LogP contribution >= 0.6 is 0 Å². The highest BCUT2D eigenvalue weighted by atomic mass is 32.2. The second-order valence-corrected chi connectivity index (χ2v) is 6.86. The van der Waals surface area contributed by atoms with E-state index >= 15 is 0 Å². The van der Waals surface area contributed by atoms with Gasteiger partial charge in [-0.1, -0.05) is 13.8 Å². The van der Waals surface area contributed by atoms with Crippen molar-refractivity contribution in [2.45, 2.75) is 26.8 Å². The molecule has 0 aromatic carbocycles. The van der Waals surface area contributed by atoms with Gasteiger partial charge in [-0.3, -0.25) is 4.79 Å². The summed E-state index contributed by atoms with van der Waals surface area (Å²) >= 11 is 0. The molecule has 0 aromatic heterocycles. The summed E-state index contributed by atoms with van der Waals surface area (Å²) in [7, 11) is -3.36. The van der Waals surface area contributed by atoms with Crippen molar-refractivity contribution < 1.29 is 13.2 Å². The minimum absolute atomic E-state index is 0.0553. The van der Waals surface area contributed by atoms with E-state index in [1.165, 1.54) is 4.31 Å². The number of hydrogen-bond donors (Lipinski definition) is 2. The Morgan fingerprint density at radius 1 is 1.50 bits per heavy atom. The SMILES string of the molecule is CCNC(=O)C1CNCCN1S(=O)(=O)CC(C)C. The van der Waals surface area contributed by atoms with Gasteiger partial charge in [0.05, 0.1) is 5.75 Å². The van der Waals surface area contributed by atoms with Gasteiger partial charge in [0.1, 0.15) is 6.04 Å². The number of nitrogens with zero attached hydrogens (tertiary/aromatic N) is 1. The maximum Gasteiger partial charge on any atom is 0.239 e. The number of hydrogen-bond acceptors (Lipinski definition) is 4. The normalized spacial score (nSPS) is 22.1. The lowest BCUT2D eigenvalue weighted by Gasteiger charge is -2.34. The first-order chi connectivity index (χ1) is 8.38. The van der Waals surface area contributed by atoms with Crippen LogP contribution < -0.4 is 10.6 Å². The molecule has 106 valence electrons. The molecule has 0 spiro atoms. The first kappa shape index (κ1) is 15.4. The fourth-order valence-corrected chi connectivity index (χ4v) is 4.01. The summed E-state index contributed by atoms with van der Waals surface area (Å²) in [6, 6.07) is -0.623. The maximum absolute atomic E-state index is 12.2. The van der Waals surface area contributed by atoms with Crippen molar-refractivity contribution in [1.82, 2.24) is 14.9 Å². The Labute approximate surface area is 109 Å². The summed E-state index contributed by atoms with van der Waals surface area (Å²) in [6.07, 6.45) is 0. The summed E-state index contributed by atoms with van der Waals surface area (Å²) in [5.41, 5.74) is 0. The number of likely N-dealkylation sites (N-methyl/N-ethyl adjacent to an activating group) is 1. The van der Waals surface area contributed by atoms with Gasteiger partial charge in [0.15, 0.2) is 0 Å². The van der Waals surface area contributed by atoms with Crippen LogP contribution in [0.25, 0.3) is 0 Å². The summed E-state index contributed by atoms with van der Waals surface area (Å²) in [6.45, 7) is 7.38. The first-order valence-electron chi connectivity index (χ1n) is 6.36. The molecule has 1 atom stereocenters. The van der Waals surface area contributed by atoms with Crippen molar-refractivity contribution in [1.29, 1.82) is 0 Å². The third-order valence-electron chi connectivity index (χ3n) is 2.75. The number of carbonyl (C=O) groups excluding carboxylic acids is 1. The van der Waals surface area contributed by atoms with Crippen molar-refractivity contribution in [3.8, 4) is 0 Å². The van der Waals surface area contributed by atoms with Gasteiger partial charge in [-0.25, -0.2) is 8.42 Å². The summed E-state index contributed by atoms with van der Waals surface area (Å²) in [5.74, 6) is -0.0834. The number of nitrogens with one attached hydrogen (secondary N) is 2. The molecule has 18 heavy (non-hydrogen) atoms. The van der Waals surface area contributed by atoms with Crippen molar-refractivity contribution in [3.05, 3.63) is 0 Å². The third-order valence-corrected chi connectivity index (χ3v) is 4.99. The number of rotatable bonds is 5. The predicted octanol–water partition coefficient (Wildman–Crippen LogP) is -0.618. The van der Waals surface area contributed by atoms with Crippen LogP contribution in [0.4, 0.5) is 0 Å². The zero-order valence-corrected chi connectivity index (χ0v) is 12.1. The zero-order valence-electron chi connectivity index (χ0n) is 11.3. The summed E-state index contributed by atoms with van der Waals surface area (Å²) < 4.78 is 25.8. The minimum Gasteiger partial charge on any atom is -0.355 e. The minimum atomic E-state index is -3.36. The van der Waals surface area contributed by atoms with Gasteiger partial charge < -0.3 is 10.6 Å². The molecule has 0 aromatic rings. The number of amides is 1. The van der Waals surface area contributed by atoms with Crippen LogP contribution in [0.2, 0.25) is 0 Å². The van der Waals surface area contributed by atoms with Gasteiger partial charge in [0.2, 0.25) is 15.9 Å². The van der Waals surface area contributed by atoms with Crippen molar-refractivity contribution in [2.75, 3.05) is 31.9 Å². The Balaban J connectivity index is 2.85. The highest BCUT2D eigenvalue weighted by Gasteiger charge is 2.36. The van der Waals surface area contributed by atoms with E-state index in [9.17, 15) is 13.2 Å². The molecule has 0 aliphatic carbocycles. The Kier molecular flexibility index (Phi) is 5.55. The van der Waals surface area contributed by atoms with Crippen molar-refractivity contribution in [3.63, 3.8) is 0 Å². The average molecular weight is 277 g/mol. The molecule has 0 bridgehead atoms. The van der Waals surface area contributed by atoms with Crippen LogP contribution in [0.15, 0.2) is 0 Å². The van der Waals surface area contributed by atoms with Crippen LogP contribution in [0, 0.1) is 5.92 Å². The average Bonchev–Trinajstić information content (AvgIpc) is 2.27. The molecule has 1 aliphatic heterocycles. The molecule has 7 heteroatoms. The molecule has 1 amide bonds. The molecule has 1 rings (SSSR count). The topological polar surface area (TPSA) is 78.5 Å². The fourth-order valence-electron chi connectivity index (χ4n) is 2.05. The Morgan fingerprint density at radius 2 is 2.17 bits per heavy atom. The van der Waals surface area contributed by atoms with E-state index in [0.29, 0.717) is 26.2 Å². The predicted molar refractivity (Wildman–Crippen MR) is 70.7 cm³/mol. The largest absolute Gasteiger partial charge is 0.355 e. The zero-order chi connectivity index (χ0) is 13.8. The van der Waals surface area contributed by atoms with E-state index in [-0.39, 0.29) is 17.6 Å². The molecular weight excluding hydrogens is 254 g/mol. The molecule has 1 heterocycles. The number of carbonyl (C=O) groups is 1. The van der Waals surface area contributed by atoms with Gasteiger partial charge in [-0.2, -0.15) is 4.31 Å². The quantitative estimate of drug-likeness (QED) is 0.702. The lowest BCUT2D eigenvalue weighted by atomic mass is 10.2. The Morgan fingerprint density at radius 3 is 2.72 bits per heavy atom. The highest BCUT2D eigenvalue weighted by Crippen LogP contribution is 2.13. The second-order valence-electron chi connectivity index (χ2n) is 4.90. The first-order valence-corrected chi connectivity index (χ1v) is 7.97. The van der Waals surface area contributed by atoms with Gasteiger partial charge in [-0.15, -0.1) is 0 Å². The van der Waals surface area contributed by atoms with Crippen LogP contribution in [0.1, 0.15) is 20.8 Å². The fraction of sp³-hybridized carbons (Fsp3) is 0.909. The Bertz CT molecular complexity index is 381. The smallest absolute Gasteiger partial charge is 0.239 e. The van der Waals surface area contributed by atoms with E-state index in [1.54, 1.807) is 0 Å². The maximum atomic E-state index is 12.2. The lowest BCUT2D eigenvalue weighted by Crippen LogP contribution is -2.60. The molecule has 1 unspecified atom stereocenters. The standard InChI is InChI=1S/C11H23N3O3S/c1-4-13-11(15)10-7-12-5-6-14(10)18(16,17)8-9(2)3/h9-10,12H,4-8H2,1-3H3,(H,13,15). The monoisotopic (exact) mass is 277 g/mol. The molecular formula is C11H23N3O3S. The van der Waals surface area contributed by atoms with E-state index in [1.807, 2.05) is 20.8 Å². The van der Waals surface area contributed by atoms with E-state index < -0.39 is 16.1 Å². The third kappa shape index (κ3) is 3.93. The van der Waals surface area contributed by atoms with E-state index in [2.05, 4.69) is 10.6 Å². The number of piperazine rings is 1. The van der Waals surface area contributed by atoms with Crippen LogP contribution in [0.5, 0.6) is 0 Å². The second kappa shape index (κ2) is 6.49. The molecule has 0 radical (unpaired) electrons. The van der Waals surface area contributed by atoms with E-state index in [4.69, 9.17) is 0 Å². The Hall–Kier alpha value is -0.660. The van der Waals surface area contributed by atoms with E-state index in [0.717, 1.165) is 0 Å². The molecule has 1 aliphatic rings. The van der Waals surface area contributed by atoms with Crippen LogP contribution in [-0.2, 0) is 14.8 Å². The molecule has 0 saturated carbocycles. The van der Waals surface area contributed by atoms with Crippen molar-refractivity contribution in [2.24, 2.45) is 5.92 Å². The lowest BCUT2D eigenvalue weighted by molar-refractivity contribution is -0.125.